The first kappa shape index (κ1) is 19.1. The fraction of sp³-hybridized carbons (Fsp3) is 0.273. The number of hydrogen-bond donors (Lipinski definition) is 0. The summed E-state index contributed by atoms with van der Waals surface area (Å²) in [7, 11) is 1.83. The van der Waals surface area contributed by atoms with Crippen molar-refractivity contribution in [1.29, 1.82) is 0 Å². The van der Waals surface area contributed by atoms with Crippen LogP contribution in [-0.4, -0.2) is 39.4 Å². The quantitative estimate of drug-likeness (QED) is 0.604. The van der Waals surface area contributed by atoms with Crippen LogP contribution in [0.4, 0.5) is 0 Å². The highest BCUT2D eigenvalue weighted by atomic mass is 35.5. The van der Waals surface area contributed by atoms with Gasteiger partial charge in [-0.25, -0.2) is 0 Å². The minimum absolute atomic E-state index is 0.0394. The van der Waals surface area contributed by atoms with E-state index in [1.807, 2.05) is 78.3 Å². The number of aromatic nitrogens is 2. The van der Waals surface area contributed by atoms with Crippen LogP contribution < -0.4 is 0 Å². The predicted octanol–water partition coefficient (Wildman–Crippen LogP) is 5.06. The second kappa shape index (κ2) is 8.41. The molecule has 1 amide bonds. The highest BCUT2D eigenvalue weighted by Crippen LogP contribution is 2.38. The summed E-state index contributed by atoms with van der Waals surface area (Å²) >= 11 is 8.26. The second-order valence-corrected chi connectivity index (χ2v) is 8.58. The Kier molecular flexibility index (Phi) is 5.74. The van der Waals surface area contributed by atoms with Crippen molar-refractivity contribution in [3.63, 3.8) is 0 Å². The molecule has 1 aromatic heterocycles. The summed E-state index contributed by atoms with van der Waals surface area (Å²) in [6, 6.07) is 19.8. The molecule has 1 unspecified atom stereocenters. The number of halogens is 1. The number of thioether (sulfide) groups is 1. The molecule has 4 rings (SSSR count). The minimum atomic E-state index is 0.0394. The predicted molar refractivity (Wildman–Crippen MR) is 116 cm³/mol. The van der Waals surface area contributed by atoms with Gasteiger partial charge in [0, 0.05) is 41.7 Å². The third-order valence-corrected chi connectivity index (χ3v) is 6.70. The summed E-state index contributed by atoms with van der Waals surface area (Å²) in [6.45, 7) is 1.45. The number of amides is 1. The maximum Gasteiger partial charge on any atom is 0.272 e. The Hall–Kier alpha value is -2.24. The van der Waals surface area contributed by atoms with Crippen molar-refractivity contribution in [3.8, 4) is 11.3 Å². The van der Waals surface area contributed by atoms with E-state index in [0.717, 1.165) is 40.6 Å². The molecule has 2 heterocycles. The zero-order valence-electron chi connectivity index (χ0n) is 15.7. The van der Waals surface area contributed by atoms with E-state index in [1.165, 1.54) is 0 Å². The minimum Gasteiger partial charge on any atom is -0.336 e. The van der Waals surface area contributed by atoms with E-state index in [1.54, 1.807) is 4.68 Å². The zero-order chi connectivity index (χ0) is 19.5. The lowest BCUT2D eigenvalue weighted by Crippen LogP contribution is -2.34. The van der Waals surface area contributed by atoms with Gasteiger partial charge in [0.1, 0.15) is 5.69 Å². The molecule has 0 aliphatic carbocycles. The molecular weight excluding hydrogens is 390 g/mol. The van der Waals surface area contributed by atoms with Crippen LogP contribution >= 0.6 is 23.4 Å². The fourth-order valence-electron chi connectivity index (χ4n) is 3.54. The molecule has 0 spiro atoms. The monoisotopic (exact) mass is 411 g/mol. The standard InChI is InChI=1S/C22H22ClN3OS/c1-25-20(15-19(24-25)16-7-3-2-4-8-16)22(27)26-12-11-21(28-14-13-26)17-9-5-6-10-18(17)23/h2-10,15,21H,11-14H2,1H3. The van der Waals surface area contributed by atoms with Crippen molar-refractivity contribution in [1.82, 2.24) is 14.7 Å². The van der Waals surface area contributed by atoms with Crippen molar-refractivity contribution in [2.45, 2.75) is 11.7 Å². The molecule has 1 saturated heterocycles. The average Bonchev–Trinajstić information content (AvgIpc) is 2.95. The van der Waals surface area contributed by atoms with E-state index in [9.17, 15) is 4.79 Å². The number of rotatable bonds is 3. The van der Waals surface area contributed by atoms with Crippen LogP contribution in [0.3, 0.4) is 0 Å². The molecule has 0 N–H and O–H groups in total. The van der Waals surface area contributed by atoms with E-state index in [0.29, 0.717) is 17.5 Å². The van der Waals surface area contributed by atoms with Gasteiger partial charge >= 0.3 is 0 Å². The van der Waals surface area contributed by atoms with Crippen LogP contribution in [0.25, 0.3) is 11.3 Å². The lowest BCUT2D eigenvalue weighted by Gasteiger charge is -2.20. The first-order valence-electron chi connectivity index (χ1n) is 9.38. The van der Waals surface area contributed by atoms with Crippen molar-refractivity contribution in [3.05, 3.63) is 76.9 Å². The van der Waals surface area contributed by atoms with E-state index in [-0.39, 0.29) is 5.91 Å². The number of aryl methyl sites for hydroxylation is 1. The van der Waals surface area contributed by atoms with Crippen LogP contribution in [0.15, 0.2) is 60.7 Å². The molecule has 3 aromatic rings. The number of carbonyl (C=O) groups is 1. The van der Waals surface area contributed by atoms with Crippen molar-refractivity contribution in [2.24, 2.45) is 7.05 Å². The zero-order valence-corrected chi connectivity index (χ0v) is 17.3. The normalized spacial score (nSPS) is 17.4. The molecular formula is C22H22ClN3OS. The molecule has 1 fully saturated rings. The summed E-state index contributed by atoms with van der Waals surface area (Å²) in [6.07, 6.45) is 0.892. The molecule has 2 aromatic carbocycles. The van der Waals surface area contributed by atoms with Crippen LogP contribution in [-0.2, 0) is 7.05 Å². The van der Waals surface area contributed by atoms with Gasteiger partial charge < -0.3 is 4.90 Å². The summed E-state index contributed by atoms with van der Waals surface area (Å²) in [4.78, 5) is 15.1. The lowest BCUT2D eigenvalue weighted by atomic mass is 10.1. The number of hydrogen-bond acceptors (Lipinski definition) is 3. The van der Waals surface area contributed by atoms with Gasteiger partial charge in [-0.05, 0) is 24.1 Å². The van der Waals surface area contributed by atoms with Gasteiger partial charge in [0.05, 0.1) is 5.69 Å². The Bertz CT molecular complexity index is 973. The van der Waals surface area contributed by atoms with Gasteiger partial charge in [-0.3, -0.25) is 9.48 Å². The van der Waals surface area contributed by atoms with Gasteiger partial charge in [-0.15, -0.1) is 0 Å². The molecule has 1 atom stereocenters. The van der Waals surface area contributed by atoms with E-state index in [4.69, 9.17) is 11.6 Å². The maximum absolute atomic E-state index is 13.2. The Labute approximate surface area is 174 Å². The van der Waals surface area contributed by atoms with Crippen LogP contribution in [0, 0.1) is 0 Å². The molecule has 144 valence electrons. The first-order valence-corrected chi connectivity index (χ1v) is 10.8. The third-order valence-electron chi connectivity index (χ3n) is 5.05. The van der Waals surface area contributed by atoms with Crippen LogP contribution in [0.5, 0.6) is 0 Å². The van der Waals surface area contributed by atoms with Crippen molar-refractivity contribution >= 4 is 29.3 Å². The molecule has 0 radical (unpaired) electrons. The van der Waals surface area contributed by atoms with E-state index in [2.05, 4.69) is 11.2 Å². The molecule has 0 bridgehead atoms. The Balaban J connectivity index is 1.50. The highest BCUT2D eigenvalue weighted by Gasteiger charge is 2.26. The summed E-state index contributed by atoms with van der Waals surface area (Å²) in [5.41, 5.74) is 3.63. The highest BCUT2D eigenvalue weighted by molar-refractivity contribution is 7.99. The van der Waals surface area contributed by atoms with Gasteiger partial charge in [0.15, 0.2) is 0 Å². The fourth-order valence-corrected chi connectivity index (χ4v) is 5.14. The van der Waals surface area contributed by atoms with Gasteiger partial charge in [0.2, 0.25) is 0 Å². The number of carbonyl (C=O) groups excluding carboxylic acids is 1. The summed E-state index contributed by atoms with van der Waals surface area (Å²) in [5, 5.41) is 5.66. The number of benzene rings is 2. The van der Waals surface area contributed by atoms with Crippen LogP contribution in [0.1, 0.15) is 27.7 Å². The van der Waals surface area contributed by atoms with Crippen molar-refractivity contribution < 1.29 is 4.79 Å². The number of nitrogens with zero attached hydrogens (tertiary/aromatic N) is 3. The van der Waals surface area contributed by atoms with Crippen molar-refractivity contribution in [2.75, 3.05) is 18.8 Å². The SMILES string of the molecule is Cn1nc(-c2ccccc2)cc1C(=O)N1CCSC(c2ccccc2Cl)CC1. The maximum atomic E-state index is 13.2. The Morgan fingerprint density at radius 3 is 2.64 bits per heavy atom. The molecule has 4 nitrogen and oxygen atoms in total. The molecule has 28 heavy (non-hydrogen) atoms. The Morgan fingerprint density at radius 1 is 1.11 bits per heavy atom. The van der Waals surface area contributed by atoms with Crippen LogP contribution in [0.2, 0.25) is 5.02 Å². The van der Waals surface area contributed by atoms with Gasteiger partial charge in [-0.2, -0.15) is 16.9 Å². The summed E-state index contributed by atoms with van der Waals surface area (Å²) in [5.74, 6) is 0.933. The average molecular weight is 412 g/mol. The summed E-state index contributed by atoms with van der Waals surface area (Å²) < 4.78 is 1.69. The Morgan fingerprint density at radius 2 is 1.86 bits per heavy atom. The lowest BCUT2D eigenvalue weighted by molar-refractivity contribution is 0.0755. The first-order chi connectivity index (χ1) is 13.6. The van der Waals surface area contributed by atoms with E-state index >= 15 is 0 Å². The molecule has 1 aliphatic rings. The largest absolute Gasteiger partial charge is 0.336 e. The topological polar surface area (TPSA) is 38.1 Å². The van der Waals surface area contributed by atoms with Gasteiger partial charge in [0.25, 0.3) is 5.91 Å². The molecule has 0 saturated carbocycles. The van der Waals surface area contributed by atoms with Gasteiger partial charge in [-0.1, -0.05) is 60.1 Å². The second-order valence-electron chi connectivity index (χ2n) is 6.87. The molecule has 1 aliphatic heterocycles. The van der Waals surface area contributed by atoms with E-state index < -0.39 is 0 Å². The molecule has 6 heteroatoms. The third kappa shape index (κ3) is 3.96. The smallest absolute Gasteiger partial charge is 0.272 e.